The second-order valence-corrected chi connectivity index (χ2v) is 43.7. The number of quaternary nitrogens is 1. The van der Waals surface area contributed by atoms with Gasteiger partial charge in [-0.2, -0.15) is 0 Å². The van der Waals surface area contributed by atoms with Gasteiger partial charge in [-0.3, -0.25) is 14.6 Å². The summed E-state index contributed by atoms with van der Waals surface area (Å²) in [6, 6.07) is 47.0. The standard InChI is InChI=1S/C36H56N3O4S.C35H54N2O6S.C32H43N2O3S/c1-5-7-17-36(18-8-6-2)28-44(41,42)33-16-13-30(37(3)4)27-32(33)34(35(36)40)29-11-14-31(15-12-29)43-26-10-9-22-39-23-19-38(20-24-39)21-25-39;1-6-9-20-35(21-10-7-2)26-44(41,42)31-19-16-28(36(4)5)24-30(31)33(34(35)40)27-14-17-29(18-15-27)43-23-13-11-12-22-37(8-3)25-32(38)39;1-5-7-17-32(18-8-6-2)24-38(36,37)29-16-15-27(33(3)4)22-28(29)30(31(32)35)26-14-12-13-25(21-26)23-34-19-10-9-11-20-34/h11-16,27,34-35,40H,5-10,17-26,28H2,1-4H3;14-19,24,33-34,40H,6-13,20-23,25-26H2,1-5H3,(H,38,39);9-16,19-22,30-31,35H,5-8,17-18,23-24H2,1-4H3/q+1;;+1/t34-,35-;33-,34-;30-,31-/m111/s1. The number of hydrogen-bond acceptors (Lipinski definition) is 17. The fraction of sp³-hybridized carbons (Fsp3) is 0.592. The van der Waals surface area contributed by atoms with Crippen LogP contribution in [-0.4, -0.2) is 222 Å². The summed E-state index contributed by atoms with van der Waals surface area (Å²) >= 11 is 0. The summed E-state index contributed by atoms with van der Waals surface area (Å²) in [5.41, 5.74) is 6.63. The van der Waals surface area contributed by atoms with Gasteiger partial charge in [-0.1, -0.05) is 174 Å². The van der Waals surface area contributed by atoms with Crippen LogP contribution in [0.2, 0.25) is 0 Å². The van der Waals surface area contributed by atoms with Crippen LogP contribution in [0.5, 0.6) is 11.5 Å². The summed E-state index contributed by atoms with van der Waals surface area (Å²) in [7, 11) is 0.877. The van der Waals surface area contributed by atoms with Crippen molar-refractivity contribution >= 4 is 52.5 Å². The number of rotatable bonds is 42. The number of aliphatic hydroxyl groups excluding tert-OH is 3. The molecule has 2 bridgehead atoms. The number of piperazine rings is 3. The van der Waals surface area contributed by atoms with Crippen molar-refractivity contribution in [3.8, 4) is 11.5 Å². The molecule has 6 atom stereocenters. The normalized spacial score (nSPS) is 22.0. The summed E-state index contributed by atoms with van der Waals surface area (Å²) in [5, 5.41) is 46.1. The van der Waals surface area contributed by atoms with E-state index in [9.17, 15) is 45.4 Å². The van der Waals surface area contributed by atoms with E-state index in [-0.39, 0.29) is 23.8 Å². The van der Waals surface area contributed by atoms with Gasteiger partial charge in [-0.05, 0) is 202 Å². The molecule has 3 saturated heterocycles. The zero-order valence-corrected chi connectivity index (χ0v) is 80.8. The van der Waals surface area contributed by atoms with Gasteiger partial charge in [-0.25, -0.2) is 29.8 Å². The molecule has 23 heteroatoms. The second kappa shape index (κ2) is 46.4. The quantitative estimate of drug-likeness (QED) is 0.0158. The summed E-state index contributed by atoms with van der Waals surface area (Å²) in [6.45, 7) is 27.1. The molecule has 6 aliphatic heterocycles. The van der Waals surface area contributed by atoms with Crippen molar-refractivity contribution in [2.24, 2.45) is 16.2 Å². The Hall–Kier alpha value is -7.45. The maximum atomic E-state index is 14.1. The fourth-order valence-electron chi connectivity index (χ4n) is 20.5. The lowest BCUT2D eigenvalue weighted by atomic mass is 9.68. The van der Waals surface area contributed by atoms with Crippen molar-refractivity contribution in [1.82, 2.24) is 9.80 Å². The average Bonchev–Trinajstić information content (AvgIpc) is 1.60. The number of sulfone groups is 3. The van der Waals surface area contributed by atoms with Gasteiger partial charge in [0.05, 0.1) is 96.2 Å². The molecule has 0 unspecified atom stereocenters. The van der Waals surface area contributed by atoms with Crippen LogP contribution in [0.15, 0.2) is 173 Å². The van der Waals surface area contributed by atoms with Crippen molar-refractivity contribution in [3.05, 3.63) is 197 Å². The number of benzene rings is 6. The first kappa shape index (κ1) is 101. The van der Waals surface area contributed by atoms with Crippen molar-refractivity contribution < 1.29 is 69.0 Å². The molecule has 6 aromatic carbocycles. The number of pyridine rings is 1. The maximum absolute atomic E-state index is 14.1. The van der Waals surface area contributed by atoms with Crippen LogP contribution < -0.4 is 28.7 Å². The Labute approximate surface area is 757 Å². The third-order valence-corrected chi connectivity index (χ3v) is 34.1. The van der Waals surface area contributed by atoms with Gasteiger partial charge in [0.1, 0.15) is 11.5 Å². The zero-order chi connectivity index (χ0) is 91.0. The monoisotopic (exact) mass is 1790 g/mol. The number of aliphatic hydroxyl groups is 3. The number of anilines is 3. The van der Waals surface area contributed by atoms with Crippen LogP contribution in [0, 0.1) is 16.2 Å². The molecule has 7 aromatic rings. The van der Waals surface area contributed by atoms with E-state index in [1.165, 1.54) is 56.7 Å². The molecule has 0 radical (unpaired) electrons. The number of carboxylic acid groups (broad SMARTS) is 1. The zero-order valence-electron chi connectivity index (χ0n) is 78.4. The Bertz CT molecular complexity index is 4890. The van der Waals surface area contributed by atoms with E-state index in [4.69, 9.17) is 14.6 Å². The summed E-state index contributed by atoms with van der Waals surface area (Å²) in [4.78, 5) is 22.5. The molecule has 0 saturated carbocycles. The highest BCUT2D eigenvalue weighted by atomic mass is 32.2. The van der Waals surface area contributed by atoms with E-state index < -0.39 is 87.8 Å². The number of hydrogen-bond donors (Lipinski definition) is 4. The third kappa shape index (κ3) is 25.4. The number of aliphatic carboxylic acids is 1. The van der Waals surface area contributed by atoms with Gasteiger partial charge >= 0.3 is 5.97 Å². The lowest BCUT2D eigenvalue weighted by Gasteiger charge is -2.50. The lowest BCUT2D eigenvalue weighted by Crippen LogP contribution is -2.67. The Morgan fingerprint density at radius 1 is 0.437 bits per heavy atom. The maximum Gasteiger partial charge on any atom is 0.317 e. The summed E-state index contributed by atoms with van der Waals surface area (Å²) in [5.74, 6) is -0.663. The molecule has 1 aromatic heterocycles. The van der Waals surface area contributed by atoms with Gasteiger partial charge in [-0.15, -0.1) is 0 Å². The molecule has 0 amide bonds. The van der Waals surface area contributed by atoms with Crippen LogP contribution in [0.3, 0.4) is 0 Å². The molecule has 3 fully saturated rings. The molecule has 20 nitrogen and oxygen atoms in total. The van der Waals surface area contributed by atoms with Gasteiger partial charge < -0.3 is 49.1 Å². The topological polar surface area (TPSA) is 239 Å². The first-order valence-electron chi connectivity index (χ1n) is 47.5. The molecule has 4 N–H and O–H groups in total. The average molecular weight is 1790 g/mol. The summed E-state index contributed by atoms with van der Waals surface area (Å²) < 4.78 is 99.8. The van der Waals surface area contributed by atoms with Crippen molar-refractivity contribution in [3.63, 3.8) is 0 Å². The number of likely N-dealkylation sites (N-methyl/N-ethyl adjacent to an activating group) is 1. The Morgan fingerprint density at radius 3 is 1.15 bits per heavy atom. The molecule has 694 valence electrons. The number of nitrogens with zero attached hydrogens (tertiary/aromatic N) is 7. The number of fused-ring (bicyclic) bond motifs is 6. The molecule has 6 aliphatic rings. The predicted octanol–water partition coefficient (Wildman–Crippen LogP) is 17.8. The minimum Gasteiger partial charge on any atom is -0.494 e. The van der Waals surface area contributed by atoms with E-state index in [2.05, 4.69) is 69.2 Å². The first-order valence-corrected chi connectivity index (χ1v) is 52.4. The van der Waals surface area contributed by atoms with Gasteiger partial charge in [0.2, 0.25) is 0 Å². The van der Waals surface area contributed by atoms with Crippen molar-refractivity contribution in [1.29, 1.82) is 0 Å². The molecular formula is C103H153N7O13S3+2. The van der Waals surface area contributed by atoms with Gasteiger partial charge in [0.15, 0.2) is 48.5 Å². The minimum absolute atomic E-state index is 0.00840. The Morgan fingerprint density at radius 2 is 0.802 bits per heavy atom. The van der Waals surface area contributed by atoms with E-state index in [1.807, 2.05) is 190 Å². The number of aromatic nitrogens is 1. The molecule has 7 heterocycles. The Kier molecular flexibility index (Phi) is 37.1. The first-order chi connectivity index (χ1) is 60.3. The largest absolute Gasteiger partial charge is 0.494 e. The number of carbonyl (C=O) groups is 1. The van der Waals surface area contributed by atoms with E-state index in [0.29, 0.717) is 89.7 Å². The SMILES string of the molecule is CCCCC1(CCCC)CS(=O)(=O)c2ccc(N(C)C)cc2[C@@H](c2ccc(OCCCCCN(CC)CC(=O)O)cc2)[C@H]1O.CCCCC1(CCCC)CS(=O)(=O)c2ccc(N(C)C)cc2[C@@H](c2ccc(OCCCC[N+]34CCN(CC3)CC4)cc2)[C@H]1O.CCCCC1(CCCC)CS(=O)(=O)c2ccc(N(C)C)cc2[C@@H](c2cccc(C[n+]3ccccc3)c2)[C@H]1O. The highest BCUT2D eigenvalue weighted by molar-refractivity contribution is 7.92. The van der Waals surface area contributed by atoms with E-state index in [0.717, 1.165) is 167 Å². The molecule has 126 heavy (non-hydrogen) atoms. The van der Waals surface area contributed by atoms with E-state index in [1.54, 1.807) is 18.2 Å². The predicted molar refractivity (Wildman–Crippen MR) is 512 cm³/mol. The van der Waals surface area contributed by atoms with Crippen molar-refractivity contribution in [2.75, 3.05) is 153 Å². The summed E-state index contributed by atoms with van der Waals surface area (Å²) in [6.07, 6.45) is 21.8. The number of carboxylic acids is 1. The fourth-order valence-corrected chi connectivity index (χ4v) is 27.1. The van der Waals surface area contributed by atoms with E-state index >= 15 is 0 Å². The second-order valence-electron chi connectivity index (χ2n) is 37.8. The highest BCUT2D eigenvalue weighted by Crippen LogP contribution is 2.54. The van der Waals surface area contributed by atoms with Crippen LogP contribution in [0.4, 0.5) is 17.1 Å². The Balaban J connectivity index is 0.000000198. The number of ether oxygens (including phenoxy) is 2. The third-order valence-electron chi connectivity index (χ3n) is 28.1. The lowest BCUT2D eigenvalue weighted by molar-refractivity contribution is -0.941. The highest BCUT2D eigenvalue weighted by Gasteiger charge is 2.53. The molecule has 0 aliphatic carbocycles. The van der Waals surface area contributed by atoms with Gasteiger partial charge in [0, 0.05) is 131 Å². The van der Waals surface area contributed by atoms with Crippen molar-refractivity contribution in [2.45, 2.75) is 253 Å². The van der Waals surface area contributed by atoms with Crippen LogP contribution in [0.1, 0.15) is 253 Å². The minimum atomic E-state index is -3.64. The smallest absolute Gasteiger partial charge is 0.317 e. The van der Waals surface area contributed by atoms with Crippen LogP contribution in [0.25, 0.3) is 0 Å². The molecule has 0 spiro atoms. The van der Waals surface area contributed by atoms with Gasteiger partial charge in [0.25, 0.3) is 0 Å². The number of unbranched alkanes of at least 4 members (excludes halogenated alkanes) is 9. The molecular weight excluding hydrogens is 1640 g/mol. The van der Waals surface area contributed by atoms with Crippen LogP contribution >= 0.6 is 0 Å². The van der Waals surface area contributed by atoms with Crippen LogP contribution in [-0.2, 0) is 40.9 Å². The molecule has 13 rings (SSSR count).